The summed E-state index contributed by atoms with van der Waals surface area (Å²) in [4.78, 5) is 11.0. The van der Waals surface area contributed by atoms with Crippen LogP contribution in [-0.4, -0.2) is 26.9 Å². The summed E-state index contributed by atoms with van der Waals surface area (Å²) in [6.07, 6.45) is -0.915. The lowest BCUT2D eigenvalue weighted by atomic mass is 9.99. The lowest BCUT2D eigenvalue weighted by Crippen LogP contribution is -2.34. The van der Waals surface area contributed by atoms with E-state index in [2.05, 4.69) is 0 Å². The highest BCUT2D eigenvalue weighted by molar-refractivity contribution is 7.89. The summed E-state index contributed by atoms with van der Waals surface area (Å²) in [5, 5.41) is 0. The van der Waals surface area contributed by atoms with Gasteiger partial charge >= 0.3 is 6.09 Å². The zero-order valence-electron chi connectivity index (χ0n) is 8.96. The molecule has 0 radical (unpaired) electrons. The van der Waals surface area contributed by atoms with Crippen molar-refractivity contribution >= 4 is 16.1 Å². The molecule has 0 bridgehead atoms. The topological polar surface area (TPSA) is 72.5 Å². The maximum Gasteiger partial charge on any atom is 0.420 e. The number of hydrogen-bond donors (Lipinski definition) is 1. The van der Waals surface area contributed by atoms with Crippen LogP contribution in [0.2, 0.25) is 0 Å². The van der Waals surface area contributed by atoms with Gasteiger partial charge in [0.25, 0.3) is 0 Å². The lowest BCUT2D eigenvalue weighted by Gasteiger charge is -2.17. The van der Waals surface area contributed by atoms with E-state index in [1.54, 1.807) is 4.72 Å². The minimum absolute atomic E-state index is 0.141. The molecule has 0 aliphatic carbocycles. The maximum absolute atomic E-state index is 11.0. The van der Waals surface area contributed by atoms with Gasteiger partial charge in [-0.2, -0.15) is 0 Å². The van der Waals surface area contributed by atoms with Crippen LogP contribution in [0.3, 0.4) is 0 Å². The fraction of sp³-hybridized carbons (Fsp3) is 0.875. The zero-order chi connectivity index (χ0) is 11.4. The highest BCUT2D eigenvalue weighted by Gasteiger charge is 2.17. The van der Waals surface area contributed by atoms with Crippen LogP contribution in [0.1, 0.15) is 27.7 Å². The van der Waals surface area contributed by atoms with Crippen molar-refractivity contribution < 1.29 is 17.9 Å². The first-order chi connectivity index (χ1) is 6.16. The highest BCUT2D eigenvalue weighted by Crippen LogP contribution is 2.12. The smallest absolute Gasteiger partial charge is 0.420 e. The first kappa shape index (κ1) is 13.2. The second-order valence-electron chi connectivity index (χ2n) is 4.14. The van der Waals surface area contributed by atoms with Gasteiger partial charge in [-0.25, -0.2) is 17.9 Å². The molecule has 0 heterocycles. The van der Waals surface area contributed by atoms with Gasteiger partial charge in [-0.05, 0) is 12.3 Å². The zero-order valence-corrected chi connectivity index (χ0v) is 9.77. The van der Waals surface area contributed by atoms with Gasteiger partial charge in [0.15, 0.2) is 0 Å². The molecule has 0 aliphatic rings. The Morgan fingerprint density at radius 2 is 1.86 bits per heavy atom. The van der Waals surface area contributed by atoms with Crippen molar-refractivity contribution in [3.05, 3.63) is 0 Å². The largest absolute Gasteiger partial charge is 0.448 e. The number of sulfonamides is 1. The number of ether oxygens (including phenoxy) is 1. The summed E-state index contributed by atoms with van der Waals surface area (Å²) in [5.74, 6) is -0.141. The standard InChI is InChI=1S/C8H17NO4S/c1-5-14(11,12)9-7(10)13-6-8(2,3)4/h5-6H2,1-4H3,(H,9,10). The van der Waals surface area contributed by atoms with Crippen molar-refractivity contribution in [2.24, 2.45) is 5.41 Å². The average molecular weight is 223 g/mol. The number of carbonyl (C=O) groups excluding carboxylic acids is 1. The van der Waals surface area contributed by atoms with Gasteiger partial charge in [-0.3, -0.25) is 0 Å². The molecule has 0 saturated heterocycles. The molecule has 5 nitrogen and oxygen atoms in total. The van der Waals surface area contributed by atoms with E-state index in [0.29, 0.717) is 0 Å². The van der Waals surface area contributed by atoms with Crippen LogP contribution in [0.4, 0.5) is 4.79 Å². The molecule has 0 rings (SSSR count). The summed E-state index contributed by atoms with van der Waals surface area (Å²) in [6, 6.07) is 0. The predicted molar refractivity (Wildman–Crippen MR) is 53.4 cm³/mol. The van der Waals surface area contributed by atoms with Gasteiger partial charge in [0.1, 0.15) is 0 Å². The molecule has 0 aromatic carbocycles. The summed E-state index contributed by atoms with van der Waals surface area (Å²) in [5.41, 5.74) is -0.173. The Kier molecular flexibility index (Phi) is 4.38. The molecule has 14 heavy (non-hydrogen) atoms. The van der Waals surface area contributed by atoms with E-state index in [1.165, 1.54) is 6.92 Å². The van der Waals surface area contributed by atoms with Gasteiger partial charge in [0.2, 0.25) is 10.0 Å². The minimum atomic E-state index is -3.51. The number of nitrogens with one attached hydrogen (secondary N) is 1. The number of hydrogen-bond acceptors (Lipinski definition) is 4. The van der Waals surface area contributed by atoms with E-state index in [1.807, 2.05) is 20.8 Å². The van der Waals surface area contributed by atoms with Gasteiger partial charge in [0, 0.05) is 0 Å². The molecule has 0 aromatic rings. The molecule has 6 heteroatoms. The Morgan fingerprint density at radius 3 is 2.21 bits per heavy atom. The van der Waals surface area contributed by atoms with E-state index in [-0.39, 0.29) is 17.8 Å². The predicted octanol–water partition coefficient (Wildman–Crippen LogP) is 1.11. The third kappa shape index (κ3) is 6.71. The van der Waals surface area contributed by atoms with Gasteiger partial charge in [0.05, 0.1) is 12.4 Å². The Hall–Kier alpha value is -0.780. The van der Waals surface area contributed by atoms with E-state index >= 15 is 0 Å². The first-order valence-corrected chi connectivity index (χ1v) is 5.99. The van der Waals surface area contributed by atoms with Crippen LogP contribution in [-0.2, 0) is 14.8 Å². The molecule has 0 atom stereocenters. The molecular weight excluding hydrogens is 206 g/mol. The SMILES string of the molecule is CCS(=O)(=O)NC(=O)OCC(C)(C)C. The summed E-state index contributed by atoms with van der Waals surface area (Å²) in [6.45, 7) is 7.27. The van der Waals surface area contributed by atoms with E-state index < -0.39 is 16.1 Å². The Morgan fingerprint density at radius 1 is 1.36 bits per heavy atom. The molecule has 1 N–H and O–H groups in total. The average Bonchev–Trinajstić information content (AvgIpc) is 1.99. The molecule has 0 aromatic heterocycles. The molecule has 0 unspecified atom stereocenters. The molecule has 0 saturated carbocycles. The molecule has 0 spiro atoms. The normalized spacial score (nSPS) is 12.3. The van der Waals surface area contributed by atoms with Crippen LogP contribution >= 0.6 is 0 Å². The van der Waals surface area contributed by atoms with Crippen LogP contribution in [0.5, 0.6) is 0 Å². The third-order valence-corrected chi connectivity index (χ3v) is 2.49. The monoisotopic (exact) mass is 223 g/mol. The lowest BCUT2D eigenvalue weighted by molar-refractivity contribution is 0.111. The van der Waals surface area contributed by atoms with Gasteiger partial charge in [-0.15, -0.1) is 0 Å². The molecule has 84 valence electrons. The molecular formula is C8H17NO4S. The molecule has 0 fully saturated rings. The van der Waals surface area contributed by atoms with Crippen LogP contribution in [0.25, 0.3) is 0 Å². The summed E-state index contributed by atoms with van der Waals surface area (Å²) in [7, 11) is -3.51. The highest BCUT2D eigenvalue weighted by atomic mass is 32.2. The van der Waals surface area contributed by atoms with Crippen molar-refractivity contribution in [1.82, 2.24) is 4.72 Å². The van der Waals surface area contributed by atoms with Crippen molar-refractivity contribution in [2.75, 3.05) is 12.4 Å². The van der Waals surface area contributed by atoms with Crippen molar-refractivity contribution in [1.29, 1.82) is 0 Å². The Bertz CT molecular complexity index is 289. The van der Waals surface area contributed by atoms with E-state index in [4.69, 9.17) is 4.74 Å². The quantitative estimate of drug-likeness (QED) is 0.777. The van der Waals surface area contributed by atoms with Crippen molar-refractivity contribution in [3.8, 4) is 0 Å². The van der Waals surface area contributed by atoms with Crippen LogP contribution in [0.15, 0.2) is 0 Å². The van der Waals surface area contributed by atoms with Gasteiger partial charge < -0.3 is 4.74 Å². The minimum Gasteiger partial charge on any atom is -0.448 e. The second kappa shape index (κ2) is 4.63. The summed E-state index contributed by atoms with van der Waals surface area (Å²) >= 11 is 0. The fourth-order valence-electron chi connectivity index (χ4n) is 0.511. The fourth-order valence-corrected chi connectivity index (χ4v) is 0.968. The van der Waals surface area contributed by atoms with Crippen LogP contribution in [0, 0.1) is 5.41 Å². The second-order valence-corrected chi connectivity index (χ2v) is 6.15. The van der Waals surface area contributed by atoms with Crippen molar-refractivity contribution in [3.63, 3.8) is 0 Å². The maximum atomic E-state index is 11.0. The Labute approximate surface area is 84.9 Å². The molecule has 0 aliphatic heterocycles. The van der Waals surface area contributed by atoms with Gasteiger partial charge in [-0.1, -0.05) is 20.8 Å². The van der Waals surface area contributed by atoms with Crippen molar-refractivity contribution in [2.45, 2.75) is 27.7 Å². The number of carbonyl (C=O) groups is 1. The number of rotatable bonds is 3. The number of amides is 1. The summed E-state index contributed by atoms with van der Waals surface area (Å²) < 4.78 is 28.3. The molecule has 1 amide bonds. The van der Waals surface area contributed by atoms with E-state index in [9.17, 15) is 13.2 Å². The van der Waals surface area contributed by atoms with E-state index in [0.717, 1.165) is 0 Å². The first-order valence-electron chi connectivity index (χ1n) is 4.33. The Balaban J connectivity index is 4.02. The van der Waals surface area contributed by atoms with Crippen LogP contribution < -0.4 is 4.72 Å². The third-order valence-electron chi connectivity index (χ3n) is 1.26.